The van der Waals surface area contributed by atoms with Crippen LogP contribution in [-0.2, 0) is 14.3 Å². The molecule has 0 aromatic heterocycles. The summed E-state index contributed by atoms with van der Waals surface area (Å²) in [4.78, 5) is 11.8. The highest BCUT2D eigenvalue weighted by molar-refractivity contribution is 5.80. The fraction of sp³-hybridized carbons (Fsp3) is 0.917. The molecule has 19 heavy (non-hydrogen) atoms. The van der Waals surface area contributed by atoms with Gasteiger partial charge in [0.05, 0.1) is 26.2 Å². The molecule has 1 aliphatic rings. The van der Waals surface area contributed by atoms with Gasteiger partial charge >= 0.3 is 12.1 Å². The molecule has 0 saturated heterocycles. The predicted molar refractivity (Wildman–Crippen MR) is 62.7 cm³/mol. The van der Waals surface area contributed by atoms with Crippen molar-refractivity contribution in [3.05, 3.63) is 0 Å². The lowest BCUT2D eigenvalue weighted by Crippen LogP contribution is -2.55. The lowest BCUT2D eigenvalue weighted by Gasteiger charge is -2.38. The van der Waals surface area contributed by atoms with Crippen molar-refractivity contribution >= 4 is 5.97 Å². The Bertz CT molecular complexity index is 309. The van der Waals surface area contributed by atoms with Gasteiger partial charge in [-0.2, -0.15) is 13.2 Å². The average Bonchev–Trinajstić information content (AvgIpc) is 2.36. The molecule has 0 aliphatic heterocycles. The fourth-order valence-corrected chi connectivity index (χ4v) is 2.42. The molecule has 2 atom stereocenters. The van der Waals surface area contributed by atoms with Crippen molar-refractivity contribution in [2.45, 2.75) is 49.9 Å². The van der Waals surface area contributed by atoms with E-state index in [2.05, 4.69) is 5.32 Å². The smallest absolute Gasteiger partial charge is 0.391 e. The standard InChI is InChI=1S/C12H20F3NO3/c1-16-11(10(17)18-2)5-3-4-9(8-11)19-7-6-12(13,14)15/h9,16H,3-8H2,1-2H3. The summed E-state index contributed by atoms with van der Waals surface area (Å²) >= 11 is 0. The van der Waals surface area contributed by atoms with Gasteiger partial charge in [0.15, 0.2) is 0 Å². The molecule has 0 aromatic carbocycles. The minimum absolute atomic E-state index is 0.341. The van der Waals surface area contributed by atoms with E-state index in [4.69, 9.17) is 9.47 Å². The van der Waals surface area contributed by atoms with Crippen molar-refractivity contribution in [3.8, 4) is 0 Å². The van der Waals surface area contributed by atoms with Crippen molar-refractivity contribution in [2.24, 2.45) is 0 Å². The van der Waals surface area contributed by atoms with Crippen molar-refractivity contribution in [2.75, 3.05) is 20.8 Å². The van der Waals surface area contributed by atoms with E-state index in [9.17, 15) is 18.0 Å². The molecule has 0 bridgehead atoms. The molecule has 1 aliphatic carbocycles. The van der Waals surface area contributed by atoms with Crippen molar-refractivity contribution < 1.29 is 27.4 Å². The first-order valence-corrected chi connectivity index (χ1v) is 6.28. The van der Waals surface area contributed by atoms with Crippen LogP contribution in [0.3, 0.4) is 0 Å². The predicted octanol–water partition coefficient (Wildman–Crippen LogP) is 2.03. The number of halogens is 3. The van der Waals surface area contributed by atoms with E-state index in [0.717, 1.165) is 0 Å². The maximum absolute atomic E-state index is 12.0. The quantitative estimate of drug-likeness (QED) is 0.784. The number of hydrogen-bond donors (Lipinski definition) is 1. The van der Waals surface area contributed by atoms with Crippen LogP contribution in [0.25, 0.3) is 0 Å². The number of ether oxygens (including phenoxy) is 2. The fourth-order valence-electron chi connectivity index (χ4n) is 2.42. The van der Waals surface area contributed by atoms with Gasteiger partial charge in [-0.3, -0.25) is 4.79 Å². The monoisotopic (exact) mass is 283 g/mol. The summed E-state index contributed by atoms with van der Waals surface area (Å²) in [5.74, 6) is -0.390. The maximum atomic E-state index is 12.0. The van der Waals surface area contributed by atoms with Gasteiger partial charge in [-0.25, -0.2) is 0 Å². The highest BCUT2D eigenvalue weighted by Gasteiger charge is 2.43. The minimum Gasteiger partial charge on any atom is -0.468 e. The SMILES string of the molecule is CNC1(C(=O)OC)CCCC(OCCC(F)(F)F)C1. The molecular weight excluding hydrogens is 263 g/mol. The Morgan fingerprint density at radius 3 is 2.68 bits per heavy atom. The molecule has 1 rings (SSSR count). The number of carbonyl (C=O) groups excluding carboxylic acids is 1. The third-order valence-electron chi connectivity index (χ3n) is 3.50. The molecule has 1 saturated carbocycles. The van der Waals surface area contributed by atoms with Crippen LogP contribution >= 0.6 is 0 Å². The minimum atomic E-state index is -4.21. The van der Waals surface area contributed by atoms with Crippen LogP contribution in [0.5, 0.6) is 0 Å². The number of carbonyl (C=O) groups is 1. The molecule has 112 valence electrons. The number of alkyl halides is 3. The van der Waals surface area contributed by atoms with Gasteiger partial charge in [0.2, 0.25) is 0 Å². The van der Waals surface area contributed by atoms with Crippen LogP contribution in [0.15, 0.2) is 0 Å². The maximum Gasteiger partial charge on any atom is 0.391 e. The largest absolute Gasteiger partial charge is 0.468 e. The van der Waals surface area contributed by atoms with E-state index < -0.39 is 18.1 Å². The summed E-state index contributed by atoms with van der Waals surface area (Å²) in [6, 6.07) is 0. The van der Waals surface area contributed by atoms with Gasteiger partial charge in [-0.05, 0) is 26.3 Å². The van der Waals surface area contributed by atoms with Crippen LogP contribution in [0.4, 0.5) is 13.2 Å². The number of rotatable bonds is 5. The van der Waals surface area contributed by atoms with Crippen molar-refractivity contribution in [1.82, 2.24) is 5.32 Å². The summed E-state index contributed by atoms with van der Waals surface area (Å²) in [5.41, 5.74) is -0.837. The van der Waals surface area contributed by atoms with E-state index in [1.807, 2.05) is 0 Å². The van der Waals surface area contributed by atoms with Crippen molar-refractivity contribution in [3.63, 3.8) is 0 Å². The Hall–Kier alpha value is -0.820. The average molecular weight is 283 g/mol. The van der Waals surface area contributed by atoms with Gasteiger partial charge < -0.3 is 14.8 Å². The second kappa shape index (κ2) is 6.56. The molecule has 0 aromatic rings. The zero-order valence-electron chi connectivity index (χ0n) is 11.2. The first-order chi connectivity index (χ1) is 8.83. The zero-order chi connectivity index (χ0) is 14.5. The van der Waals surface area contributed by atoms with E-state index in [1.54, 1.807) is 7.05 Å². The Labute approximate surface area is 110 Å². The van der Waals surface area contributed by atoms with Gasteiger partial charge in [-0.15, -0.1) is 0 Å². The Morgan fingerprint density at radius 2 is 2.16 bits per heavy atom. The second-order valence-electron chi connectivity index (χ2n) is 4.78. The third kappa shape index (κ3) is 4.65. The summed E-state index contributed by atoms with van der Waals surface area (Å²) in [6.45, 7) is -0.366. The van der Waals surface area contributed by atoms with Crippen molar-refractivity contribution in [1.29, 1.82) is 0 Å². The van der Waals surface area contributed by atoms with Gasteiger partial charge in [0.25, 0.3) is 0 Å². The van der Waals surface area contributed by atoms with E-state index in [0.29, 0.717) is 25.7 Å². The number of hydrogen-bond acceptors (Lipinski definition) is 4. The molecule has 0 amide bonds. The number of esters is 1. The topological polar surface area (TPSA) is 47.6 Å². The zero-order valence-corrected chi connectivity index (χ0v) is 11.2. The van der Waals surface area contributed by atoms with Gasteiger partial charge in [0, 0.05) is 6.42 Å². The summed E-state index contributed by atoms with van der Waals surface area (Å²) < 4.78 is 46.1. The Morgan fingerprint density at radius 1 is 1.47 bits per heavy atom. The molecule has 7 heteroatoms. The van der Waals surface area contributed by atoms with Crippen LogP contribution in [0.2, 0.25) is 0 Å². The van der Waals surface area contributed by atoms with Crippen LogP contribution < -0.4 is 5.32 Å². The summed E-state index contributed by atoms with van der Waals surface area (Å²) in [5, 5.41) is 2.93. The molecular formula is C12H20F3NO3. The summed E-state index contributed by atoms with van der Waals surface area (Å²) in [6.07, 6.45) is -3.19. The lowest BCUT2D eigenvalue weighted by molar-refractivity contribution is -0.159. The van der Waals surface area contributed by atoms with Crippen LogP contribution in [0.1, 0.15) is 32.1 Å². The second-order valence-corrected chi connectivity index (χ2v) is 4.78. The molecule has 0 heterocycles. The van der Waals surface area contributed by atoms with E-state index >= 15 is 0 Å². The Kier molecular flexibility index (Phi) is 5.61. The number of nitrogens with one attached hydrogen (secondary N) is 1. The van der Waals surface area contributed by atoms with Gasteiger partial charge in [-0.1, -0.05) is 0 Å². The first kappa shape index (κ1) is 16.2. The van der Waals surface area contributed by atoms with Crippen LogP contribution in [-0.4, -0.2) is 44.6 Å². The highest BCUT2D eigenvalue weighted by Crippen LogP contribution is 2.31. The summed E-state index contributed by atoms with van der Waals surface area (Å²) in [7, 11) is 2.95. The number of methoxy groups -OCH3 is 1. The molecule has 1 fully saturated rings. The van der Waals surface area contributed by atoms with E-state index in [-0.39, 0.29) is 18.7 Å². The highest BCUT2D eigenvalue weighted by atomic mass is 19.4. The third-order valence-corrected chi connectivity index (χ3v) is 3.50. The van der Waals surface area contributed by atoms with E-state index in [1.165, 1.54) is 7.11 Å². The number of likely N-dealkylation sites (N-methyl/N-ethyl adjacent to an activating group) is 1. The van der Waals surface area contributed by atoms with Gasteiger partial charge in [0.1, 0.15) is 5.54 Å². The molecule has 4 nitrogen and oxygen atoms in total. The molecule has 0 radical (unpaired) electrons. The van der Waals surface area contributed by atoms with Crippen LogP contribution in [0, 0.1) is 0 Å². The molecule has 1 N–H and O–H groups in total. The molecule has 2 unspecified atom stereocenters. The normalized spacial score (nSPS) is 28.2. The lowest BCUT2D eigenvalue weighted by atomic mass is 9.80. The Balaban J connectivity index is 2.51. The molecule has 0 spiro atoms. The first-order valence-electron chi connectivity index (χ1n) is 6.28.